The predicted octanol–water partition coefficient (Wildman–Crippen LogP) is 3.14. The van der Waals surface area contributed by atoms with Gasteiger partial charge in [0.1, 0.15) is 5.75 Å². The lowest BCUT2D eigenvalue weighted by molar-refractivity contribution is 0.102. The van der Waals surface area contributed by atoms with Crippen LogP contribution in [-0.2, 0) is 0 Å². The molecule has 0 aliphatic heterocycles. The van der Waals surface area contributed by atoms with Crippen molar-refractivity contribution in [3.05, 3.63) is 48.0 Å². The number of anilines is 1. The number of aromatic hydroxyl groups is 2. The van der Waals surface area contributed by atoms with Crippen molar-refractivity contribution < 1.29 is 19.7 Å². The Bertz CT molecular complexity index is 623. The molecule has 0 heterocycles. The summed E-state index contributed by atoms with van der Waals surface area (Å²) in [7, 11) is 0. The number of para-hydroxylation sites is 1. The highest BCUT2D eigenvalue weighted by Gasteiger charge is 2.13. The Morgan fingerprint density at radius 3 is 2.52 bits per heavy atom. The summed E-state index contributed by atoms with van der Waals surface area (Å²) in [6, 6.07) is 11.2. The van der Waals surface area contributed by atoms with Gasteiger partial charge in [-0.05, 0) is 42.8 Å². The van der Waals surface area contributed by atoms with Crippen molar-refractivity contribution in [2.24, 2.45) is 0 Å². The first-order valence-electron chi connectivity index (χ1n) is 6.67. The molecule has 2 aromatic carbocycles. The van der Waals surface area contributed by atoms with Gasteiger partial charge in [-0.3, -0.25) is 4.79 Å². The number of rotatable bonds is 5. The maximum atomic E-state index is 12.0. The Labute approximate surface area is 122 Å². The Kier molecular flexibility index (Phi) is 4.66. The molecule has 2 rings (SSSR count). The van der Waals surface area contributed by atoms with E-state index in [2.05, 4.69) is 5.32 Å². The fourth-order valence-electron chi connectivity index (χ4n) is 1.77. The Morgan fingerprint density at radius 2 is 1.86 bits per heavy atom. The van der Waals surface area contributed by atoms with Crippen LogP contribution in [0.4, 0.5) is 5.69 Å². The van der Waals surface area contributed by atoms with Crippen LogP contribution in [0.1, 0.15) is 23.7 Å². The van der Waals surface area contributed by atoms with Gasteiger partial charge in [0.15, 0.2) is 11.5 Å². The van der Waals surface area contributed by atoms with Gasteiger partial charge in [0.25, 0.3) is 5.91 Å². The second kappa shape index (κ2) is 6.65. The largest absolute Gasteiger partial charge is 0.504 e. The molecule has 0 aliphatic rings. The van der Waals surface area contributed by atoms with Crippen LogP contribution in [0.25, 0.3) is 0 Å². The number of hydrogen-bond acceptors (Lipinski definition) is 4. The highest BCUT2D eigenvalue weighted by atomic mass is 16.5. The van der Waals surface area contributed by atoms with Gasteiger partial charge in [0, 0.05) is 5.69 Å². The van der Waals surface area contributed by atoms with E-state index in [1.807, 2.05) is 6.92 Å². The van der Waals surface area contributed by atoms with Crippen LogP contribution in [0.15, 0.2) is 42.5 Å². The van der Waals surface area contributed by atoms with Gasteiger partial charge in [-0.1, -0.05) is 13.0 Å². The van der Waals surface area contributed by atoms with Gasteiger partial charge in [-0.25, -0.2) is 0 Å². The van der Waals surface area contributed by atoms with Crippen LogP contribution in [0.2, 0.25) is 0 Å². The Morgan fingerprint density at radius 1 is 1.14 bits per heavy atom. The first kappa shape index (κ1) is 14.7. The van der Waals surface area contributed by atoms with Crippen LogP contribution in [-0.4, -0.2) is 22.7 Å². The van der Waals surface area contributed by atoms with Crippen LogP contribution >= 0.6 is 0 Å². The van der Waals surface area contributed by atoms with Crippen molar-refractivity contribution in [1.82, 2.24) is 0 Å². The van der Waals surface area contributed by atoms with E-state index in [9.17, 15) is 15.0 Å². The molecule has 3 N–H and O–H groups in total. The van der Waals surface area contributed by atoms with E-state index in [1.165, 1.54) is 18.2 Å². The lowest BCUT2D eigenvalue weighted by Crippen LogP contribution is -2.12. The summed E-state index contributed by atoms with van der Waals surface area (Å²) < 4.78 is 5.45. The molecular weight excluding hydrogens is 270 g/mol. The molecule has 0 bridgehead atoms. The summed E-state index contributed by atoms with van der Waals surface area (Å²) in [5, 5.41) is 21.7. The summed E-state index contributed by atoms with van der Waals surface area (Å²) in [6.45, 7) is 2.67. The Balaban J connectivity index is 2.07. The average Bonchev–Trinajstić information content (AvgIpc) is 2.49. The fourth-order valence-corrected chi connectivity index (χ4v) is 1.77. The van der Waals surface area contributed by atoms with Gasteiger partial charge >= 0.3 is 0 Å². The van der Waals surface area contributed by atoms with Crippen LogP contribution in [0.5, 0.6) is 17.2 Å². The van der Waals surface area contributed by atoms with Crippen molar-refractivity contribution in [1.29, 1.82) is 0 Å². The highest BCUT2D eigenvalue weighted by Crippen LogP contribution is 2.28. The fraction of sp³-hybridized carbons (Fsp3) is 0.188. The highest BCUT2D eigenvalue weighted by molar-refractivity contribution is 6.06. The van der Waals surface area contributed by atoms with E-state index in [4.69, 9.17) is 4.74 Å². The summed E-state index contributed by atoms with van der Waals surface area (Å²) >= 11 is 0. The predicted molar refractivity (Wildman–Crippen MR) is 80.0 cm³/mol. The summed E-state index contributed by atoms with van der Waals surface area (Å²) in [5.41, 5.74) is 0.591. The molecule has 5 heteroatoms. The first-order chi connectivity index (χ1) is 10.1. The number of hydrogen-bond donors (Lipinski definition) is 3. The minimum absolute atomic E-state index is 0.0151. The molecule has 21 heavy (non-hydrogen) atoms. The SMILES string of the molecule is CCCOc1ccc(NC(=O)c2cccc(O)c2O)cc1. The number of nitrogens with one attached hydrogen (secondary N) is 1. The smallest absolute Gasteiger partial charge is 0.259 e. The van der Waals surface area contributed by atoms with Crippen LogP contribution in [0, 0.1) is 0 Å². The average molecular weight is 287 g/mol. The third kappa shape index (κ3) is 3.66. The second-order valence-electron chi connectivity index (χ2n) is 4.50. The van der Waals surface area contributed by atoms with Crippen molar-refractivity contribution in [2.75, 3.05) is 11.9 Å². The topological polar surface area (TPSA) is 78.8 Å². The lowest BCUT2D eigenvalue weighted by atomic mass is 10.1. The number of ether oxygens (including phenoxy) is 1. The quantitative estimate of drug-likeness (QED) is 0.738. The third-order valence-electron chi connectivity index (χ3n) is 2.84. The van der Waals surface area contributed by atoms with Crippen molar-refractivity contribution in [2.45, 2.75) is 13.3 Å². The number of carbonyl (C=O) groups is 1. The van der Waals surface area contributed by atoms with Gasteiger partial charge in [0.2, 0.25) is 0 Å². The molecule has 0 aromatic heterocycles. The summed E-state index contributed by atoms with van der Waals surface area (Å²) in [4.78, 5) is 12.0. The standard InChI is InChI=1S/C16H17NO4/c1-2-10-21-12-8-6-11(7-9-12)17-16(20)13-4-3-5-14(18)15(13)19/h3-9,18-19H,2,10H2,1H3,(H,17,20). The third-order valence-corrected chi connectivity index (χ3v) is 2.84. The van der Waals surface area contributed by atoms with E-state index in [-0.39, 0.29) is 11.3 Å². The summed E-state index contributed by atoms with van der Waals surface area (Å²) in [5.74, 6) is -0.524. The number of phenolic OH excluding ortho intramolecular Hbond substituents is 2. The lowest BCUT2D eigenvalue weighted by Gasteiger charge is -2.09. The van der Waals surface area contributed by atoms with Gasteiger partial charge in [-0.15, -0.1) is 0 Å². The number of phenols is 2. The molecule has 5 nitrogen and oxygen atoms in total. The first-order valence-corrected chi connectivity index (χ1v) is 6.67. The molecule has 2 aromatic rings. The number of benzene rings is 2. The maximum Gasteiger partial charge on any atom is 0.259 e. The van der Waals surface area contributed by atoms with Crippen molar-refractivity contribution >= 4 is 11.6 Å². The van der Waals surface area contributed by atoms with Crippen LogP contribution < -0.4 is 10.1 Å². The van der Waals surface area contributed by atoms with Gasteiger partial charge in [-0.2, -0.15) is 0 Å². The minimum Gasteiger partial charge on any atom is -0.504 e. The van der Waals surface area contributed by atoms with Crippen molar-refractivity contribution in [3.8, 4) is 17.2 Å². The second-order valence-corrected chi connectivity index (χ2v) is 4.50. The molecule has 0 radical (unpaired) electrons. The van der Waals surface area contributed by atoms with Crippen molar-refractivity contribution in [3.63, 3.8) is 0 Å². The normalized spacial score (nSPS) is 10.1. The molecule has 0 aliphatic carbocycles. The molecule has 0 atom stereocenters. The zero-order valence-corrected chi connectivity index (χ0v) is 11.7. The molecule has 1 amide bonds. The molecule has 110 valence electrons. The maximum absolute atomic E-state index is 12.0. The van der Waals surface area contributed by atoms with Gasteiger partial charge in [0.05, 0.1) is 12.2 Å². The van der Waals surface area contributed by atoms with E-state index in [0.717, 1.165) is 12.2 Å². The van der Waals surface area contributed by atoms with E-state index in [1.54, 1.807) is 24.3 Å². The molecule has 0 saturated heterocycles. The zero-order chi connectivity index (χ0) is 15.2. The molecule has 0 saturated carbocycles. The zero-order valence-electron chi connectivity index (χ0n) is 11.7. The molecular formula is C16H17NO4. The molecule has 0 spiro atoms. The number of amides is 1. The summed E-state index contributed by atoms with van der Waals surface area (Å²) in [6.07, 6.45) is 0.926. The minimum atomic E-state index is -0.495. The van der Waals surface area contributed by atoms with Gasteiger partial charge < -0.3 is 20.3 Å². The Hall–Kier alpha value is -2.69. The van der Waals surface area contributed by atoms with E-state index in [0.29, 0.717) is 12.3 Å². The van der Waals surface area contributed by atoms with Crippen LogP contribution in [0.3, 0.4) is 0 Å². The molecule has 0 fully saturated rings. The van der Waals surface area contributed by atoms with E-state index < -0.39 is 11.7 Å². The van der Waals surface area contributed by atoms with E-state index >= 15 is 0 Å². The monoisotopic (exact) mass is 287 g/mol. The molecule has 0 unspecified atom stereocenters. The number of carbonyl (C=O) groups excluding carboxylic acids is 1.